The maximum absolute atomic E-state index is 12.0. The van der Waals surface area contributed by atoms with Gasteiger partial charge >= 0.3 is 11.9 Å². The van der Waals surface area contributed by atoms with Gasteiger partial charge in [0.15, 0.2) is 0 Å². The van der Waals surface area contributed by atoms with Crippen molar-refractivity contribution in [2.45, 2.75) is 206 Å². The average Bonchev–Trinajstić information content (AvgIpc) is 3.09. The quantitative estimate of drug-likeness (QED) is 0.0377. The van der Waals surface area contributed by atoms with Gasteiger partial charge in [-0.1, -0.05) is 141 Å². The van der Waals surface area contributed by atoms with Gasteiger partial charge in [-0.3, -0.25) is 9.59 Å². The minimum Gasteiger partial charge on any atom is -0.463 e. The third-order valence-electron chi connectivity index (χ3n) is 8.78. The predicted octanol–water partition coefficient (Wildman–Crippen LogP) is 10.9. The second-order valence-electron chi connectivity index (χ2n) is 13.9. The number of hydrogen-bond acceptors (Lipinski definition) is 7. The van der Waals surface area contributed by atoms with Crippen LogP contribution >= 0.6 is 0 Å². The van der Waals surface area contributed by atoms with Crippen molar-refractivity contribution >= 4 is 11.9 Å². The lowest BCUT2D eigenvalue weighted by Crippen LogP contribution is -2.28. The molecule has 2 atom stereocenters. The molecule has 2 N–H and O–H groups in total. The van der Waals surface area contributed by atoms with Crippen LogP contribution in [0.1, 0.15) is 194 Å². The minimum atomic E-state index is -0.964. The summed E-state index contributed by atoms with van der Waals surface area (Å²) in [6.07, 6.45) is 39.4. The number of carbonyl (C=O) groups is 2. The number of aliphatic hydroxyl groups is 2. The van der Waals surface area contributed by atoms with Crippen LogP contribution in [0.15, 0.2) is 24.3 Å². The third kappa shape index (κ3) is 38.9. The highest BCUT2D eigenvalue weighted by Gasteiger charge is 2.13. The Morgan fingerprint density at radius 2 is 0.714 bits per heavy atom. The van der Waals surface area contributed by atoms with Gasteiger partial charge < -0.3 is 24.4 Å². The first-order valence-electron chi connectivity index (χ1n) is 20.5. The predicted molar refractivity (Wildman–Crippen MR) is 204 cm³/mol. The summed E-state index contributed by atoms with van der Waals surface area (Å²) in [6.45, 7) is 4.10. The molecule has 0 aliphatic rings. The molecule has 0 heterocycles. The van der Waals surface area contributed by atoms with Crippen molar-refractivity contribution in [2.24, 2.45) is 0 Å². The molecule has 0 aliphatic heterocycles. The van der Waals surface area contributed by atoms with Gasteiger partial charge in [0.1, 0.15) is 25.4 Å². The van der Waals surface area contributed by atoms with Gasteiger partial charge in [0.05, 0.1) is 13.2 Å². The van der Waals surface area contributed by atoms with Gasteiger partial charge in [-0.2, -0.15) is 0 Å². The van der Waals surface area contributed by atoms with Crippen LogP contribution in [0.5, 0.6) is 0 Å². The van der Waals surface area contributed by atoms with E-state index in [1.54, 1.807) is 0 Å². The average molecular weight is 695 g/mol. The number of esters is 2. The Hall–Kier alpha value is -1.70. The van der Waals surface area contributed by atoms with E-state index < -0.39 is 12.2 Å². The van der Waals surface area contributed by atoms with Crippen LogP contribution in [-0.4, -0.2) is 60.8 Å². The molecule has 0 saturated heterocycles. The van der Waals surface area contributed by atoms with E-state index in [9.17, 15) is 19.8 Å². The molecule has 288 valence electrons. The number of unbranched alkanes of at least 4 members (excludes halogenated alkanes) is 22. The molecule has 0 amide bonds. The highest BCUT2D eigenvalue weighted by molar-refractivity contribution is 5.69. The number of rotatable bonds is 38. The van der Waals surface area contributed by atoms with Gasteiger partial charge in [-0.15, -0.1) is 0 Å². The van der Waals surface area contributed by atoms with Crippen molar-refractivity contribution in [3.8, 4) is 0 Å². The lowest BCUT2D eigenvalue weighted by atomic mass is 10.1. The van der Waals surface area contributed by atoms with E-state index in [4.69, 9.17) is 14.2 Å². The molecule has 0 aromatic carbocycles. The topological polar surface area (TPSA) is 102 Å². The molecule has 7 heteroatoms. The number of aliphatic hydroxyl groups excluding tert-OH is 2. The van der Waals surface area contributed by atoms with Crippen molar-refractivity contribution in [1.82, 2.24) is 0 Å². The molecule has 2 unspecified atom stereocenters. The molecule has 0 rings (SSSR count). The van der Waals surface area contributed by atoms with Gasteiger partial charge in [0.2, 0.25) is 0 Å². The van der Waals surface area contributed by atoms with Gasteiger partial charge in [0.25, 0.3) is 0 Å². The number of hydrogen-bond donors (Lipinski definition) is 2. The fourth-order valence-electron chi connectivity index (χ4n) is 5.64. The van der Waals surface area contributed by atoms with Gasteiger partial charge in [0, 0.05) is 12.8 Å². The Bertz CT molecular complexity index is 704. The fraction of sp³-hybridized carbons (Fsp3) is 0.857. The standard InChI is InChI=1S/C42H78O7/c1-3-5-7-9-11-13-15-17-19-21-23-25-27-29-31-33-41(45)48-37-39(43)35-47-36-40(44)38-49-42(46)34-32-30-28-26-24-22-20-18-16-14-12-10-8-6-4-2/h17-20,39-40,43-44H,3-16,21-38H2,1-2H3/b19-17-,20-18-. The van der Waals surface area contributed by atoms with Crippen molar-refractivity contribution in [2.75, 3.05) is 26.4 Å². The summed E-state index contributed by atoms with van der Waals surface area (Å²) in [4.78, 5) is 23.9. The Morgan fingerprint density at radius 1 is 0.429 bits per heavy atom. The number of carbonyl (C=O) groups excluding carboxylic acids is 2. The lowest BCUT2D eigenvalue weighted by Gasteiger charge is -2.15. The Morgan fingerprint density at radius 3 is 1.04 bits per heavy atom. The minimum absolute atomic E-state index is 0.0688. The molecule has 0 radical (unpaired) electrons. The first-order chi connectivity index (χ1) is 24.0. The monoisotopic (exact) mass is 695 g/mol. The zero-order chi connectivity index (χ0) is 35.9. The molecular weight excluding hydrogens is 616 g/mol. The highest BCUT2D eigenvalue weighted by Crippen LogP contribution is 2.12. The summed E-state index contributed by atoms with van der Waals surface area (Å²) in [7, 11) is 0. The number of allylic oxidation sites excluding steroid dienone is 4. The van der Waals surface area contributed by atoms with Crippen molar-refractivity contribution in [1.29, 1.82) is 0 Å². The zero-order valence-electron chi connectivity index (χ0n) is 32.0. The summed E-state index contributed by atoms with van der Waals surface area (Å²) in [5.41, 5.74) is 0. The van der Waals surface area contributed by atoms with Crippen LogP contribution in [0.25, 0.3) is 0 Å². The summed E-state index contributed by atoms with van der Waals surface area (Å²) < 4.78 is 15.6. The normalized spacial score (nSPS) is 13.0. The zero-order valence-corrected chi connectivity index (χ0v) is 32.0. The van der Waals surface area contributed by atoms with Crippen LogP contribution in [0.4, 0.5) is 0 Å². The molecule has 0 bridgehead atoms. The van der Waals surface area contributed by atoms with Gasteiger partial charge in [-0.05, 0) is 64.2 Å². The van der Waals surface area contributed by atoms with E-state index in [1.807, 2.05) is 0 Å². The molecule has 0 aromatic rings. The molecule has 7 nitrogen and oxygen atoms in total. The molecular formula is C42H78O7. The van der Waals surface area contributed by atoms with Crippen molar-refractivity contribution in [3.05, 3.63) is 24.3 Å². The summed E-state index contributed by atoms with van der Waals surface area (Å²) >= 11 is 0. The van der Waals surface area contributed by atoms with Gasteiger partial charge in [-0.25, -0.2) is 0 Å². The van der Waals surface area contributed by atoms with E-state index in [-0.39, 0.29) is 38.4 Å². The molecule has 0 aromatic heterocycles. The second-order valence-corrected chi connectivity index (χ2v) is 13.9. The SMILES string of the molecule is CCCCCCCC/C=C\CCCCCCCC(=O)OCC(O)COCC(O)COC(=O)CCCCCCC/C=C\CCCCCCCC. The molecule has 49 heavy (non-hydrogen) atoms. The van der Waals surface area contributed by atoms with Crippen LogP contribution in [0, 0.1) is 0 Å². The lowest BCUT2D eigenvalue weighted by molar-refractivity contribution is -0.149. The summed E-state index contributed by atoms with van der Waals surface area (Å²) in [6, 6.07) is 0. The third-order valence-corrected chi connectivity index (χ3v) is 8.78. The maximum atomic E-state index is 12.0. The Balaban J connectivity index is 3.52. The van der Waals surface area contributed by atoms with Crippen LogP contribution in [-0.2, 0) is 23.8 Å². The molecule has 0 spiro atoms. The molecule has 0 saturated carbocycles. The van der Waals surface area contributed by atoms with E-state index in [0.29, 0.717) is 12.8 Å². The van der Waals surface area contributed by atoms with E-state index in [1.165, 1.54) is 116 Å². The first kappa shape index (κ1) is 47.3. The van der Waals surface area contributed by atoms with E-state index in [2.05, 4.69) is 38.2 Å². The van der Waals surface area contributed by atoms with E-state index in [0.717, 1.165) is 51.4 Å². The highest BCUT2D eigenvalue weighted by atomic mass is 16.6. The smallest absolute Gasteiger partial charge is 0.305 e. The van der Waals surface area contributed by atoms with E-state index >= 15 is 0 Å². The second kappa shape index (κ2) is 39.1. The Labute approximate surface area is 302 Å². The fourth-order valence-corrected chi connectivity index (χ4v) is 5.64. The molecule has 0 aliphatic carbocycles. The molecule has 0 fully saturated rings. The summed E-state index contributed by atoms with van der Waals surface area (Å²) in [5.74, 6) is -0.621. The maximum Gasteiger partial charge on any atom is 0.305 e. The van der Waals surface area contributed by atoms with Crippen LogP contribution < -0.4 is 0 Å². The van der Waals surface area contributed by atoms with Crippen LogP contribution in [0.3, 0.4) is 0 Å². The van der Waals surface area contributed by atoms with Crippen molar-refractivity contribution in [3.63, 3.8) is 0 Å². The first-order valence-corrected chi connectivity index (χ1v) is 20.5. The Kier molecular flexibility index (Phi) is 37.7. The largest absolute Gasteiger partial charge is 0.463 e. The van der Waals surface area contributed by atoms with Crippen LogP contribution in [0.2, 0.25) is 0 Å². The summed E-state index contributed by atoms with van der Waals surface area (Å²) in [5, 5.41) is 20.0. The number of ether oxygens (including phenoxy) is 3. The van der Waals surface area contributed by atoms with Crippen molar-refractivity contribution < 1.29 is 34.0 Å².